The summed E-state index contributed by atoms with van der Waals surface area (Å²) in [6, 6.07) is 7.18. The van der Waals surface area contributed by atoms with Crippen LogP contribution >= 0.6 is 0 Å². The molecular weight excluding hydrogens is 256 g/mol. The van der Waals surface area contributed by atoms with Gasteiger partial charge in [0.05, 0.1) is 4.92 Å². The van der Waals surface area contributed by atoms with Crippen LogP contribution in [0.15, 0.2) is 29.4 Å². The highest BCUT2D eigenvalue weighted by atomic mass is 16.6. The van der Waals surface area contributed by atoms with Gasteiger partial charge in [0.2, 0.25) is 0 Å². The Morgan fingerprint density at radius 3 is 2.55 bits per heavy atom. The average molecular weight is 276 g/mol. The van der Waals surface area contributed by atoms with E-state index in [-0.39, 0.29) is 5.69 Å². The normalized spacial score (nSPS) is 18.9. The van der Waals surface area contributed by atoms with E-state index in [0.29, 0.717) is 11.7 Å². The van der Waals surface area contributed by atoms with Crippen molar-refractivity contribution >= 4 is 17.1 Å². The van der Waals surface area contributed by atoms with Crippen molar-refractivity contribution in [1.29, 1.82) is 0 Å². The molecule has 0 unspecified atom stereocenters. The van der Waals surface area contributed by atoms with Crippen molar-refractivity contribution in [1.82, 2.24) is 4.90 Å². The second kappa shape index (κ2) is 6.47. The lowest BCUT2D eigenvalue weighted by molar-refractivity contribution is -0.384. The number of hydrogen-bond acceptors (Lipinski definition) is 5. The van der Waals surface area contributed by atoms with Gasteiger partial charge < -0.3 is 4.90 Å². The first-order valence-electron chi connectivity index (χ1n) is 6.79. The fourth-order valence-corrected chi connectivity index (χ4v) is 2.43. The fraction of sp³-hybridized carbons (Fsp3) is 0.500. The van der Waals surface area contributed by atoms with E-state index in [1.54, 1.807) is 18.2 Å². The van der Waals surface area contributed by atoms with Crippen LogP contribution in [0.2, 0.25) is 0 Å². The highest BCUT2D eigenvalue weighted by Gasteiger charge is 2.19. The number of anilines is 1. The van der Waals surface area contributed by atoms with Gasteiger partial charge in [-0.05, 0) is 45.8 Å². The van der Waals surface area contributed by atoms with Crippen LogP contribution in [0.5, 0.6) is 0 Å². The summed E-state index contributed by atoms with van der Waals surface area (Å²) in [6.07, 6.45) is 4.06. The van der Waals surface area contributed by atoms with Gasteiger partial charge in [0.25, 0.3) is 5.69 Å². The molecule has 0 spiro atoms. The summed E-state index contributed by atoms with van der Waals surface area (Å²) < 4.78 is 0. The smallest absolute Gasteiger partial charge is 0.294 e. The van der Waals surface area contributed by atoms with Crippen molar-refractivity contribution in [3.05, 3.63) is 34.4 Å². The highest BCUT2D eigenvalue weighted by Crippen LogP contribution is 2.24. The van der Waals surface area contributed by atoms with Crippen LogP contribution in [0, 0.1) is 10.1 Å². The Morgan fingerprint density at radius 2 is 1.95 bits per heavy atom. The van der Waals surface area contributed by atoms with Gasteiger partial charge >= 0.3 is 0 Å². The van der Waals surface area contributed by atoms with Crippen molar-refractivity contribution < 1.29 is 4.92 Å². The number of rotatable bonds is 4. The minimum absolute atomic E-state index is 0.0545. The van der Waals surface area contributed by atoms with Crippen molar-refractivity contribution in [3.63, 3.8) is 0 Å². The van der Waals surface area contributed by atoms with Crippen molar-refractivity contribution in [2.75, 3.05) is 19.5 Å². The zero-order chi connectivity index (χ0) is 14.5. The lowest BCUT2D eigenvalue weighted by Gasteiger charge is -2.28. The van der Waals surface area contributed by atoms with Gasteiger partial charge in [0.15, 0.2) is 0 Å². The lowest BCUT2D eigenvalue weighted by Crippen LogP contribution is -2.32. The molecular formula is C14H20N4O2. The summed E-state index contributed by atoms with van der Waals surface area (Å²) in [5.74, 6) is 0. The van der Waals surface area contributed by atoms with Gasteiger partial charge in [-0.25, -0.2) is 0 Å². The van der Waals surface area contributed by atoms with Crippen molar-refractivity contribution in [2.24, 2.45) is 5.10 Å². The number of hydrazone groups is 1. The largest absolute Gasteiger partial charge is 0.306 e. The molecule has 0 radical (unpaired) electrons. The number of hydrogen-bond donors (Lipinski definition) is 1. The molecule has 20 heavy (non-hydrogen) atoms. The Hall–Kier alpha value is -1.95. The zero-order valence-corrected chi connectivity index (χ0v) is 11.9. The molecule has 0 saturated heterocycles. The maximum atomic E-state index is 10.9. The predicted molar refractivity (Wildman–Crippen MR) is 80.1 cm³/mol. The molecule has 6 heteroatoms. The molecule has 0 bridgehead atoms. The SMILES string of the molecule is CN(C)C1CCC(=NNc2ccccc2[N+](=O)[O-])CC1. The van der Waals surface area contributed by atoms with Gasteiger partial charge in [-0.1, -0.05) is 12.1 Å². The number of nitro benzene ring substituents is 1. The quantitative estimate of drug-likeness (QED) is 0.678. The molecule has 0 atom stereocenters. The molecule has 0 aromatic heterocycles. The summed E-state index contributed by atoms with van der Waals surface area (Å²) in [5, 5.41) is 15.2. The summed E-state index contributed by atoms with van der Waals surface area (Å²) >= 11 is 0. The van der Waals surface area contributed by atoms with Crippen LogP contribution in [0.1, 0.15) is 25.7 Å². The lowest BCUT2D eigenvalue weighted by atomic mass is 9.93. The van der Waals surface area contributed by atoms with Crippen LogP contribution in [-0.2, 0) is 0 Å². The van der Waals surface area contributed by atoms with Crippen LogP contribution < -0.4 is 5.43 Å². The maximum absolute atomic E-state index is 10.9. The highest BCUT2D eigenvalue weighted by molar-refractivity contribution is 5.86. The first kappa shape index (κ1) is 14.5. The summed E-state index contributed by atoms with van der Waals surface area (Å²) in [4.78, 5) is 12.7. The summed E-state index contributed by atoms with van der Waals surface area (Å²) in [6.45, 7) is 0. The van der Waals surface area contributed by atoms with E-state index in [1.807, 2.05) is 0 Å². The zero-order valence-electron chi connectivity index (χ0n) is 11.9. The molecule has 108 valence electrons. The molecule has 1 aromatic carbocycles. The molecule has 0 amide bonds. The van der Waals surface area contributed by atoms with Crippen LogP contribution in [-0.4, -0.2) is 35.7 Å². The van der Waals surface area contributed by atoms with Gasteiger partial charge in [0, 0.05) is 17.8 Å². The van der Waals surface area contributed by atoms with Gasteiger partial charge in [-0.15, -0.1) is 0 Å². The fourth-order valence-electron chi connectivity index (χ4n) is 2.43. The average Bonchev–Trinajstić information content (AvgIpc) is 2.45. The van der Waals surface area contributed by atoms with E-state index < -0.39 is 4.92 Å². The molecule has 1 aromatic rings. The number of para-hydroxylation sites is 2. The molecule has 1 N–H and O–H groups in total. The topological polar surface area (TPSA) is 70.8 Å². The Bertz CT molecular complexity index is 504. The van der Waals surface area contributed by atoms with E-state index in [1.165, 1.54) is 6.07 Å². The first-order valence-corrected chi connectivity index (χ1v) is 6.79. The Kier molecular flexibility index (Phi) is 4.68. The number of nitrogens with one attached hydrogen (secondary N) is 1. The second-order valence-corrected chi connectivity index (χ2v) is 5.26. The van der Waals surface area contributed by atoms with Gasteiger partial charge in [-0.2, -0.15) is 5.10 Å². The Morgan fingerprint density at radius 1 is 1.30 bits per heavy atom. The first-order chi connectivity index (χ1) is 9.58. The van der Waals surface area contributed by atoms with Crippen LogP contribution in [0.25, 0.3) is 0 Å². The van der Waals surface area contributed by atoms with E-state index in [2.05, 4.69) is 29.5 Å². The monoisotopic (exact) mass is 276 g/mol. The summed E-state index contributed by atoms with van der Waals surface area (Å²) in [5.41, 5.74) is 4.42. The molecule has 1 aliphatic carbocycles. The molecule has 0 aliphatic heterocycles. The van der Waals surface area contributed by atoms with Crippen molar-refractivity contribution in [2.45, 2.75) is 31.7 Å². The third kappa shape index (κ3) is 3.54. The molecule has 1 saturated carbocycles. The van der Waals surface area contributed by atoms with Crippen LogP contribution in [0.4, 0.5) is 11.4 Å². The van der Waals surface area contributed by atoms with E-state index in [9.17, 15) is 10.1 Å². The molecule has 1 fully saturated rings. The number of nitrogens with zero attached hydrogens (tertiary/aromatic N) is 3. The van der Waals surface area contributed by atoms with Crippen molar-refractivity contribution in [3.8, 4) is 0 Å². The second-order valence-electron chi connectivity index (χ2n) is 5.26. The van der Waals surface area contributed by atoms with E-state index >= 15 is 0 Å². The standard InChI is InChI=1S/C14H20N4O2/c1-17(2)12-9-7-11(8-10-12)15-16-13-5-3-4-6-14(13)18(19)20/h3-6,12,16H,7-10H2,1-2H3. The summed E-state index contributed by atoms with van der Waals surface area (Å²) in [7, 11) is 4.19. The molecule has 0 heterocycles. The maximum Gasteiger partial charge on any atom is 0.294 e. The van der Waals surface area contributed by atoms with Crippen LogP contribution in [0.3, 0.4) is 0 Å². The Labute approximate surface area is 118 Å². The number of benzene rings is 1. The third-order valence-electron chi connectivity index (χ3n) is 3.70. The molecule has 2 rings (SSSR count). The van der Waals surface area contributed by atoms with E-state index in [0.717, 1.165) is 31.4 Å². The third-order valence-corrected chi connectivity index (χ3v) is 3.70. The molecule has 6 nitrogen and oxygen atoms in total. The molecule has 1 aliphatic rings. The minimum atomic E-state index is -0.397. The Balaban J connectivity index is 1.99. The van der Waals surface area contributed by atoms with Gasteiger partial charge in [0.1, 0.15) is 5.69 Å². The van der Waals surface area contributed by atoms with E-state index in [4.69, 9.17) is 0 Å². The van der Waals surface area contributed by atoms with Gasteiger partial charge in [-0.3, -0.25) is 15.5 Å². The number of nitro groups is 1. The predicted octanol–water partition coefficient (Wildman–Crippen LogP) is 2.87. The minimum Gasteiger partial charge on any atom is -0.306 e.